The number of nitriles is 1. The Morgan fingerprint density at radius 1 is 1.17 bits per heavy atom. The van der Waals surface area contributed by atoms with Gasteiger partial charge in [-0.05, 0) is 49.2 Å². The second-order valence-electron chi connectivity index (χ2n) is 6.90. The molecule has 0 bridgehead atoms. The minimum atomic E-state index is -4.67. The first-order valence-corrected chi connectivity index (χ1v) is 9.10. The molecule has 0 aromatic heterocycles. The van der Waals surface area contributed by atoms with Crippen molar-refractivity contribution in [1.29, 1.82) is 5.26 Å². The summed E-state index contributed by atoms with van der Waals surface area (Å²) >= 11 is 0. The molecule has 1 aliphatic rings. The van der Waals surface area contributed by atoms with Crippen molar-refractivity contribution in [1.82, 2.24) is 0 Å². The Morgan fingerprint density at radius 3 is 2.33 bits per heavy atom. The molecule has 7 nitrogen and oxygen atoms in total. The normalized spacial score (nSPS) is 14.8. The number of alkyl halides is 3. The number of halogens is 3. The molecule has 0 aliphatic carbocycles. The van der Waals surface area contributed by atoms with Gasteiger partial charge in [0.2, 0.25) is 5.91 Å². The summed E-state index contributed by atoms with van der Waals surface area (Å²) in [6.07, 6.45) is -3.86. The number of nitrogens with one attached hydrogen (secondary N) is 1. The Bertz CT molecular complexity index is 992. The lowest BCUT2D eigenvalue weighted by molar-refractivity contribution is -0.384. The molecule has 0 radical (unpaired) electrons. The highest BCUT2D eigenvalue weighted by atomic mass is 19.4. The van der Waals surface area contributed by atoms with Gasteiger partial charge in [0, 0.05) is 30.8 Å². The van der Waals surface area contributed by atoms with Gasteiger partial charge in [0.05, 0.1) is 22.1 Å². The summed E-state index contributed by atoms with van der Waals surface area (Å²) in [5, 5.41) is 22.9. The molecule has 10 heteroatoms. The van der Waals surface area contributed by atoms with Crippen LogP contribution < -0.4 is 10.2 Å². The largest absolute Gasteiger partial charge is 0.416 e. The Hall–Kier alpha value is -3.61. The van der Waals surface area contributed by atoms with Crippen LogP contribution in [0, 0.1) is 27.4 Å². The molecule has 0 spiro atoms. The van der Waals surface area contributed by atoms with Gasteiger partial charge in [-0.25, -0.2) is 0 Å². The van der Waals surface area contributed by atoms with Crippen LogP contribution in [0.4, 0.5) is 30.2 Å². The van der Waals surface area contributed by atoms with Crippen LogP contribution in [0.3, 0.4) is 0 Å². The molecule has 3 rings (SSSR count). The summed E-state index contributed by atoms with van der Waals surface area (Å²) in [6.45, 7) is 0.606. The molecular formula is C20H17F3N4O3. The van der Waals surface area contributed by atoms with E-state index in [0.717, 1.165) is 12.1 Å². The minimum absolute atomic E-state index is 0.110. The summed E-state index contributed by atoms with van der Waals surface area (Å²) in [4.78, 5) is 24.6. The molecule has 1 amide bonds. The molecule has 2 aromatic rings. The third-order valence-corrected chi connectivity index (χ3v) is 4.99. The second kappa shape index (κ2) is 8.41. The summed E-state index contributed by atoms with van der Waals surface area (Å²) in [7, 11) is 0. The molecule has 1 heterocycles. The van der Waals surface area contributed by atoms with E-state index in [2.05, 4.69) is 5.32 Å². The Labute approximate surface area is 169 Å². The second-order valence-corrected chi connectivity index (χ2v) is 6.90. The van der Waals surface area contributed by atoms with Crippen molar-refractivity contribution in [2.24, 2.45) is 5.92 Å². The van der Waals surface area contributed by atoms with Gasteiger partial charge in [-0.1, -0.05) is 0 Å². The predicted octanol–water partition coefficient (Wildman–Crippen LogP) is 4.34. The van der Waals surface area contributed by atoms with Crippen LogP contribution in [0.5, 0.6) is 0 Å². The average molecular weight is 418 g/mol. The zero-order valence-electron chi connectivity index (χ0n) is 15.6. The van der Waals surface area contributed by atoms with E-state index >= 15 is 0 Å². The van der Waals surface area contributed by atoms with Gasteiger partial charge in [0.1, 0.15) is 5.69 Å². The number of anilines is 2. The van der Waals surface area contributed by atoms with Crippen molar-refractivity contribution in [2.45, 2.75) is 19.0 Å². The number of nitro benzene ring substituents is 1. The topological polar surface area (TPSA) is 99.3 Å². The summed E-state index contributed by atoms with van der Waals surface area (Å²) < 4.78 is 38.6. The Morgan fingerprint density at radius 2 is 1.80 bits per heavy atom. The summed E-state index contributed by atoms with van der Waals surface area (Å²) in [5.41, 5.74) is -0.543. The number of rotatable bonds is 4. The molecule has 0 saturated carbocycles. The number of carbonyl (C=O) groups excluding carboxylic acids is 1. The number of nitrogens with zero attached hydrogens (tertiary/aromatic N) is 3. The Balaban J connectivity index is 1.67. The fraction of sp³-hybridized carbons (Fsp3) is 0.300. The van der Waals surface area contributed by atoms with Crippen molar-refractivity contribution >= 4 is 23.0 Å². The molecule has 1 saturated heterocycles. The van der Waals surface area contributed by atoms with Crippen molar-refractivity contribution in [3.05, 3.63) is 63.7 Å². The molecular weight excluding hydrogens is 401 g/mol. The first-order chi connectivity index (χ1) is 14.2. The fourth-order valence-corrected chi connectivity index (χ4v) is 3.37. The quantitative estimate of drug-likeness (QED) is 0.588. The van der Waals surface area contributed by atoms with E-state index in [1.54, 1.807) is 29.2 Å². The minimum Gasteiger partial charge on any atom is -0.366 e. The van der Waals surface area contributed by atoms with E-state index in [0.29, 0.717) is 43.2 Å². The zero-order chi connectivity index (χ0) is 21.9. The maximum Gasteiger partial charge on any atom is 0.416 e. The van der Waals surface area contributed by atoms with Gasteiger partial charge in [-0.2, -0.15) is 18.4 Å². The van der Waals surface area contributed by atoms with Gasteiger partial charge in [0.25, 0.3) is 5.69 Å². The van der Waals surface area contributed by atoms with E-state index in [1.165, 1.54) is 0 Å². The number of hydrogen-bond acceptors (Lipinski definition) is 5. The average Bonchev–Trinajstić information content (AvgIpc) is 2.73. The lowest BCUT2D eigenvalue weighted by atomic mass is 9.95. The summed E-state index contributed by atoms with van der Waals surface area (Å²) in [6, 6.07) is 10.9. The number of carbonyl (C=O) groups is 1. The van der Waals surface area contributed by atoms with Gasteiger partial charge in [-0.15, -0.1) is 0 Å². The van der Waals surface area contributed by atoms with E-state index in [9.17, 15) is 28.1 Å². The van der Waals surface area contributed by atoms with Crippen molar-refractivity contribution < 1.29 is 22.9 Å². The SMILES string of the molecule is N#Cc1ccc(NC(=O)C2CCN(c3ccc(C(F)(F)F)cc3[N+](=O)[O-])CC2)cc1. The monoisotopic (exact) mass is 418 g/mol. The maximum absolute atomic E-state index is 12.9. The lowest BCUT2D eigenvalue weighted by Crippen LogP contribution is -2.38. The number of amides is 1. The third kappa shape index (κ3) is 4.68. The van der Waals surface area contributed by atoms with Crippen LogP contribution in [0.1, 0.15) is 24.0 Å². The van der Waals surface area contributed by atoms with E-state index in [4.69, 9.17) is 5.26 Å². The van der Waals surface area contributed by atoms with Gasteiger partial charge in [-0.3, -0.25) is 14.9 Å². The van der Waals surface area contributed by atoms with Crippen molar-refractivity contribution in [3.8, 4) is 6.07 Å². The van der Waals surface area contributed by atoms with Gasteiger partial charge in [0.15, 0.2) is 0 Å². The van der Waals surface area contributed by atoms with Gasteiger partial charge >= 0.3 is 6.18 Å². The van der Waals surface area contributed by atoms with Crippen LogP contribution in [-0.2, 0) is 11.0 Å². The highest BCUT2D eigenvalue weighted by molar-refractivity contribution is 5.92. The maximum atomic E-state index is 12.9. The first-order valence-electron chi connectivity index (χ1n) is 9.10. The summed E-state index contributed by atoms with van der Waals surface area (Å²) in [5.74, 6) is -0.535. The van der Waals surface area contributed by atoms with Crippen LogP contribution >= 0.6 is 0 Å². The molecule has 1 N–H and O–H groups in total. The third-order valence-electron chi connectivity index (χ3n) is 4.99. The molecule has 1 aliphatic heterocycles. The number of nitro groups is 1. The lowest BCUT2D eigenvalue weighted by Gasteiger charge is -2.32. The van der Waals surface area contributed by atoms with Crippen molar-refractivity contribution in [3.63, 3.8) is 0 Å². The standard InChI is InChI=1S/C20H17F3N4O3/c21-20(22,23)15-3-6-17(18(11-15)27(29)30)26-9-7-14(8-10-26)19(28)25-16-4-1-13(12-24)2-5-16/h1-6,11,14H,7-10H2,(H,25,28). The number of piperidine rings is 1. The van der Waals surface area contributed by atoms with E-state index in [1.807, 2.05) is 6.07 Å². The van der Waals surface area contributed by atoms with Gasteiger partial charge < -0.3 is 10.2 Å². The van der Waals surface area contributed by atoms with Crippen LogP contribution in [0.25, 0.3) is 0 Å². The molecule has 2 aromatic carbocycles. The number of benzene rings is 2. The van der Waals surface area contributed by atoms with E-state index < -0.39 is 22.4 Å². The fourth-order valence-electron chi connectivity index (χ4n) is 3.37. The van der Waals surface area contributed by atoms with Crippen LogP contribution in [-0.4, -0.2) is 23.9 Å². The van der Waals surface area contributed by atoms with Crippen molar-refractivity contribution in [2.75, 3.05) is 23.3 Å². The highest BCUT2D eigenvalue weighted by Crippen LogP contribution is 2.37. The highest BCUT2D eigenvalue weighted by Gasteiger charge is 2.34. The molecule has 1 fully saturated rings. The smallest absolute Gasteiger partial charge is 0.366 e. The van der Waals surface area contributed by atoms with E-state index in [-0.39, 0.29) is 17.5 Å². The molecule has 0 unspecified atom stereocenters. The predicted molar refractivity (Wildman–Crippen MR) is 103 cm³/mol. The molecule has 156 valence electrons. The molecule has 30 heavy (non-hydrogen) atoms. The molecule has 0 atom stereocenters. The zero-order valence-corrected chi connectivity index (χ0v) is 15.6. The first kappa shape index (κ1) is 21.1. The van der Waals surface area contributed by atoms with Crippen LogP contribution in [0.2, 0.25) is 0 Å². The Kier molecular flexibility index (Phi) is 5.91. The van der Waals surface area contributed by atoms with Crippen LogP contribution in [0.15, 0.2) is 42.5 Å². The number of hydrogen-bond donors (Lipinski definition) is 1.